The Balaban J connectivity index is 2.07. The Labute approximate surface area is 206 Å². The number of rotatable bonds is 10. The van der Waals surface area contributed by atoms with E-state index in [1.807, 2.05) is 24.3 Å². The number of phenolic OH excluding ortho intramolecular Hbond substituents is 2. The molecule has 0 aliphatic carbocycles. The van der Waals surface area contributed by atoms with E-state index in [0.29, 0.717) is 29.3 Å². The molecule has 2 nitrogen and oxygen atoms in total. The Morgan fingerprint density at radius 3 is 1.59 bits per heavy atom. The van der Waals surface area contributed by atoms with Gasteiger partial charge in [0.1, 0.15) is 11.5 Å². The SMILES string of the molecule is CCc1c(CC(C)CC)cc(C)c(C(C)Cc2ccc(O)cc2)c1C(C)Cc1ccc(O)cc1. The van der Waals surface area contributed by atoms with Crippen molar-refractivity contribution in [2.75, 3.05) is 0 Å². The van der Waals surface area contributed by atoms with Crippen molar-refractivity contribution in [3.05, 3.63) is 93.5 Å². The summed E-state index contributed by atoms with van der Waals surface area (Å²) in [6.07, 6.45) is 5.28. The molecule has 0 fully saturated rings. The lowest BCUT2D eigenvalue weighted by atomic mass is 9.76. The molecule has 3 rings (SSSR count). The van der Waals surface area contributed by atoms with Gasteiger partial charge in [0.05, 0.1) is 0 Å². The van der Waals surface area contributed by atoms with Gasteiger partial charge in [-0.1, -0.05) is 71.4 Å². The summed E-state index contributed by atoms with van der Waals surface area (Å²) in [5, 5.41) is 19.4. The predicted octanol–water partition coefficient (Wildman–Crippen LogP) is 8.25. The van der Waals surface area contributed by atoms with E-state index in [1.165, 1.54) is 45.4 Å². The quantitative estimate of drug-likeness (QED) is 0.321. The van der Waals surface area contributed by atoms with Crippen molar-refractivity contribution < 1.29 is 10.2 Å². The third kappa shape index (κ3) is 6.23. The average Bonchev–Trinajstić information content (AvgIpc) is 2.81. The maximum atomic E-state index is 9.73. The third-order valence-electron chi connectivity index (χ3n) is 7.38. The standard InChI is InChI=1S/C32H42O2/c1-7-21(3)17-27-20-24(6)31(22(4)18-25-9-13-28(33)14-10-25)32(30(27)8-2)23(5)19-26-11-15-29(34)16-12-26/h9-16,20-23,33-34H,7-8,17-19H2,1-6H3. The molecule has 0 saturated carbocycles. The number of benzene rings is 3. The Hall–Kier alpha value is -2.74. The molecule has 34 heavy (non-hydrogen) atoms. The molecule has 2 heteroatoms. The summed E-state index contributed by atoms with van der Waals surface area (Å²) in [4.78, 5) is 0. The van der Waals surface area contributed by atoms with E-state index in [-0.39, 0.29) is 0 Å². The smallest absolute Gasteiger partial charge is 0.115 e. The Morgan fingerprint density at radius 2 is 1.15 bits per heavy atom. The van der Waals surface area contributed by atoms with Crippen LogP contribution < -0.4 is 0 Å². The second-order valence-electron chi connectivity index (χ2n) is 10.3. The molecule has 2 N–H and O–H groups in total. The number of aryl methyl sites for hydroxylation is 1. The molecule has 3 unspecified atom stereocenters. The molecule has 182 valence electrons. The Kier molecular flexibility index (Phi) is 8.83. The molecule has 0 saturated heterocycles. The van der Waals surface area contributed by atoms with E-state index < -0.39 is 0 Å². The first-order valence-electron chi connectivity index (χ1n) is 12.9. The van der Waals surface area contributed by atoms with E-state index in [2.05, 4.69) is 47.6 Å². The van der Waals surface area contributed by atoms with Crippen LogP contribution in [-0.2, 0) is 25.7 Å². The topological polar surface area (TPSA) is 40.5 Å². The Bertz CT molecular complexity index is 1060. The minimum atomic E-state index is 0.318. The second kappa shape index (κ2) is 11.6. The Morgan fingerprint density at radius 1 is 0.676 bits per heavy atom. The minimum absolute atomic E-state index is 0.318. The van der Waals surface area contributed by atoms with E-state index in [9.17, 15) is 10.2 Å². The van der Waals surface area contributed by atoms with Crippen LogP contribution in [0.2, 0.25) is 0 Å². The van der Waals surface area contributed by atoms with E-state index in [1.54, 1.807) is 24.3 Å². The van der Waals surface area contributed by atoms with Gasteiger partial charge in [0, 0.05) is 0 Å². The first kappa shape index (κ1) is 25.9. The molecular weight excluding hydrogens is 416 g/mol. The van der Waals surface area contributed by atoms with Gasteiger partial charge in [-0.2, -0.15) is 0 Å². The summed E-state index contributed by atoms with van der Waals surface area (Å²) in [5.41, 5.74) is 9.98. The van der Waals surface area contributed by atoms with Crippen molar-refractivity contribution in [3.63, 3.8) is 0 Å². The van der Waals surface area contributed by atoms with Crippen molar-refractivity contribution >= 4 is 0 Å². The van der Waals surface area contributed by atoms with Crippen LogP contribution >= 0.6 is 0 Å². The molecule has 0 aliphatic heterocycles. The van der Waals surface area contributed by atoms with Gasteiger partial charge in [-0.05, 0) is 114 Å². The number of aromatic hydroxyl groups is 2. The molecule has 3 atom stereocenters. The van der Waals surface area contributed by atoms with Gasteiger partial charge in [-0.15, -0.1) is 0 Å². The maximum absolute atomic E-state index is 9.73. The van der Waals surface area contributed by atoms with Crippen LogP contribution in [0.1, 0.15) is 91.8 Å². The summed E-state index contributed by atoms with van der Waals surface area (Å²) in [5.74, 6) is 2.07. The van der Waals surface area contributed by atoms with Crippen molar-refractivity contribution in [1.82, 2.24) is 0 Å². The third-order valence-corrected chi connectivity index (χ3v) is 7.38. The van der Waals surface area contributed by atoms with Gasteiger partial charge < -0.3 is 10.2 Å². The van der Waals surface area contributed by atoms with E-state index in [4.69, 9.17) is 0 Å². The summed E-state index contributed by atoms with van der Waals surface area (Å²) in [7, 11) is 0. The van der Waals surface area contributed by atoms with E-state index in [0.717, 1.165) is 25.7 Å². The zero-order valence-corrected chi connectivity index (χ0v) is 21.9. The van der Waals surface area contributed by atoms with Crippen LogP contribution in [0.5, 0.6) is 11.5 Å². The molecule has 3 aromatic rings. The fraction of sp³-hybridized carbons (Fsp3) is 0.438. The summed E-state index contributed by atoms with van der Waals surface area (Å²) in [6, 6.07) is 17.8. The fourth-order valence-corrected chi connectivity index (χ4v) is 5.49. The zero-order chi connectivity index (χ0) is 24.8. The molecule has 0 aliphatic rings. The first-order chi connectivity index (χ1) is 16.2. The van der Waals surface area contributed by atoms with Gasteiger partial charge in [0.25, 0.3) is 0 Å². The lowest BCUT2D eigenvalue weighted by Gasteiger charge is -2.29. The highest BCUT2D eigenvalue weighted by molar-refractivity contribution is 5.50. The number of phenols is 2. The molecule has 0 bridgehead atoms. The lowest BCUT2D eigenvalue weighted by molar-refractivity contribution is 0.474. The fourth-order valence-electron chi connectivity index (χ4n) is 5.49. The maximum Gasteiger partial charge on any atom is 0.115 e. The summed E-state index contributed by atoms with van der Waals surface area (Å²) < 4.78 is 0. The van der Waals surface area contributed by atoms with Gasteiger partial charge in [0.2, 0.25) is 0 Å². The minimum Gasteiger partial charge on any atom is -0.508 e. The van der Waals surface area contributed by atoms with Crippen LogP contribution in [0.3, 0.4) is 0 Å². The number of hydrogen-bond acceptors (Lipinski definition) is 2. The van der Waals surface area contributed by atoms with Gasteiger partial charge in [-0.3, -0.25) is 0 Å². The molecule has 0 radical (unpaired) electrons. The molecule has 0 amide bonds. The van der Waals surface area contributed by atoms with Crippen molar-refractivity contribution in [2.24, 2.45) is 5.92 Å². The summed E-state index contributed by atoms with van der Waals surface area (Å²) in [6.45, 7) is 13.9. The highest BCUT2D eigenvalue weighted by atomic mass is 16.3. The van der Waals surface area contributed by atoms with Crippen LogP contribution in [0.4, 0.5) is 0 Å². The molecule has 0 spiro atoms. The monoisotopic (exact) mass is 458 g/mol. The molecule has 0 aromatic heterocycles. The lowest BCUT2D eigenvalue weighted by Crippen LogP contribution is -2.15. The molecule has 0 heterocycles. The normalized spacial score (nSPS) is 14.1. The van der Waals surface area contributed by atoms with Gasteiger partial charge in [0.15, 0.2) is 0 Å². The van der Waals surface area contributed by atoms with Crippen molar-refractivity contribution in [1.29, 1.82) is 0 Å². The second-order valence-corrected chi connectivity index (χ2v) is 10.3. The van der Waals surface area contributed by atoms with Crippen LogP contribution in [0.15, 0.2) is 54.6 Å². The van der Waals surface area contributed by atoms with Crippen LogP contribution in [0.25, 0.3) is 0 Å². The first-order valence-corrected chi connectivity index (χ1v) is 12.9. The highest BCUT2D eigenvalue weighted by Crippen LogP contribution is 2.38. The van der Waals surface area contributed by atoms with Gasteiger partial charge >= 0.3 is 0 Å². The van der Waals surface area contributed by atoms with E-state index >= 15 is 0 Å². The predicted molar refractivity (Wildman–Crippen MR) is 144 cm³/mol. The summed E-state index contributed by atoms with van der Waals surface area (Å²) >= 11 is 0. The molecular formula is C32H42O2. The van der Waals surface area contributed by atoms with Crippen molar-refractivity contribution in [3.8, 4) is 11.5 Å². The van der Waals surface area contributed by atoms with Crippen LogP contribution in [0, 0.1) is 12.8 Å². The largest absolute Gasteiger partial charge is 0.508 e. The van der Waals surface area contributed by atoms with Crippen molar-refractivity contribution in [2.45, 2.75) is 85.5 Å². The molecule has 3 aromatic carbocycles. The average molecular weight is 459 g/mol. The van der Waals surface area contributed by atoms with Crippen LogP contribution in [-0.4, -0.2) is 10.2 Å². The highest BCUT2D eigenvalue weighted by Gasteiger charge is 2.24. The zero-order valence-electron chi connectivity index (χ0n) is 21.9. The number of hydrogen-bond donors (Lipinski definition) is 2. The van der Waals surface area contributed by atoms with Gasteiger partial charge in [-0.25, -0.2) is 0 Å².